The molecule has 0 spiro atoms. The molecule has 1 aromatic heterocycles. The average Bonchev–Trinajstić information content (AvgIpc) is 2.97. The van der Waals surface area contributed by atoms with Crippen molar-refractivity contribution in [3.8, 4) is 0 Å². The Labute approximate surface area is 135 Å². The highest BCUT2D eigenvalue weighted by atomic mass is 32.2. The number of carbonyl (C=O) groups excluding carboxylic acids is 1. The number of hydrogen-bond donors (Lipinski definition) is 1. The Morgan fingerprint density at radius 1 is 1.18 bits per heavy atom. The van der Waals surface area contributed by atoms with Crippen molar-refractivity contribution in [2.75, 3.05) is 6.26 Å². The normalized spacial score (nSPS) is 13.1. The Morgan fingerprint density at radius 3 is 2.45 bits per heavy atom. The SMILES string of the molecule is CC(C)[C@H](NC(=O)c1cccc(S(C)(=O)=O)c1)c1cccs1. The lowest BCUT2D eigenvalue weighted by molar-refractivity contribution is 0.0926. The zero-order valence-electron chi connectivity index (χ0n) is 12.7. The third kappa shape index (κ3) is 3.96. The second kappa shape index (κ2) is 6.62. The summed E-state index contributed by atoms with van der Waals surface area (Å²) in [6.45, 7) is 4.08. The fourth-order valence-corrected chi connectivity index (χ4v) is 3.74. The summed E-state index contributed by atoms with van der Waals surface area (Å²) in [5, 5.41) is 4.96. The molecule has 1 amide bonds. The number of amides is 1. The standard InChI is InChI=1S/C16H19NO3S2/c1-11(2)15(14-8-5-9-21-14)17-16(18)12-6-4-7-13(10-12)22(3,19)20/h4-11,15H,1-3H3,(H,17,18)/t15-/m0/s1. The molecule has 0 aliphatic heterocycles. The first kappa shape index (κ1) is 16.7. The fraction of sp³-hybridized carbons (Fsp3) is 0.312. The van der Waals surface area contributed by atoms with Crippen LogP contribution in [0.2, 0.25) is 0 Å². The van der Waals surface area contributed by atoms with E-state index in [1.807, 2.05) is 31.4 Å². The fourth-order valence-electron chi connectivity index (χ4n) is 2.13. The number of rotatable bonds is 5. The second-order valence-electron chi connectivity index (χ2n) is 5.51. The number of carbonyl (C=O) groups is 1. The van der Waals surface area contributed by atoms with Crippen LogP contribution in [0.15, 0.2) is 46.7 Å². The van der Waals surface area contributed by atoms with Crippen LogP contribution in [0, 0.1) is 5.92 Å². The number of hydrogen-bond acceptors (Lipinski definition) is 4. The average molecular weight is 337 g/mol. The maximum absolute atomic E-state index is 12.4. The van der Waals surface area contributed by atoms with Crippen molar-refractivity contribution in [3.05, 3.63) is 52.2 Å². The van der Waals surface area contributed by atoms with Gasteiger partial charge >= 0.3 is 0 Å². The minimum atomic E-state index is -3.32. The van der Waals surface area contributed by atoms with Crippen LogP contribution < -0.4 is 5.32 Å². The predicted molar refractivity (Wildman–Crippen MR) is 88.9 cm³/mol. The van der Waals surface area contributed by atoms with E-state index in [9.17, 15) is 13.2 Å². The first-order valence-corrected chi connectivity index (χ1v) is 9.70. The van der Waals surface area contributed by atoms with Gasteiger partial charge in [0.2, 0.25) is 0 Å². The maximum atomic E-state index is 12.4. The zero-order chi connectivity index (χ0) is 16.3. The molecule has 22 heavy (non-hydrogen) atoms. The molecule has 2 rings (SSSR count). The molecule has 0 aliphatic rings. The quantitative estimate of drug-likeness (QED) is 0.911. The van der Waals surface area contributed by atoms with Crippen LogP contribution in [0.25, 0.3) is 0 Å². The largest absolute Gasteiger partial charge is 0.344 e. The number of sulfone groups is 1. The molecule has 0 bridgehead atoms. The van der Waals surface area contributed by atoms with Crippen LogP contribution in [0.3, 0.4) is 0 Å². The van der Waals surface area contributed by atoms with E-state index in [0.717, 1.165) is 11.1 Å². The van der Waals surface area contributed by atoms with Gasteiger partial charge < -0.3 is 5.32 Å². The Bertz CT molecular complexity index is 749. The van der Waals surface area contributed by atoms with Crippen LogP contribution >= 0.6 is 11.3 Å². The van der Waals surface area contributed by atoms with Gasteiger partial charge in [-0.15, -0.1) is 11.3 Å². The topological polar surface area (TPSA) is 63.2 Å². The summed E-state index contributed by atoms with van der Waals surface area (Å²) < 4.78 is 23.2. The van der Waals surface area contributed by atoms with Gasteiger partial charge in [0.25, 0.3) is 5.91 Å². The summed E-state index contributed by atoms with van der Waals surface area (Å²) in [7, 11) is -3.32. The van der Waals surface area contributed by atoms with Crippen molar-refractivity contribution < 1.29 is 13.2 Å². The van der Waals surface area contributed by atoms with E-state index in [2.05, 4.69) is 5.32 Å². The maximum Gasteiger partial charge on any atom is 0.251 e. The first-order valence-electron chi connectivity index (χ1n) is 6.93. The molecule has 1 atom stereocenters. The zero-order valence-corrected chi connectivity index (χ0v) is 14.4. The van der Waals surface area contributed by atoms with Gasteiger partial charge in [-0.3, -0.25) is 4.79 Å². The summed E-state index contributed by atoms with van der Waals surface area (Å²) in [6.07, 6.45) is 1.13. The molecule has 0 saturated carbocycles. The minimum absolute atomic E-state index is 0.0885. The number of thiophene rings is 1. The highest BCUT2D eigenvalue weighted by Gasteiger charge is 2.20. The highest BCUT2D eigenvalue weighted by Crippen LogP contribution is 2.26. The molecular weight excluding hydrogens is 318 g/mol. The smallest absolute Gasteiger partial charge is 0.251 e. The summed E-state index contributed by atoms with van der Waals surface area (Å²) >= 11 is 1.59. The molecule has 118 valence electrons. The van der Waals surface area contributed by atoms with Gasteiger partial charge in [-0.05, 0) is 35.6 Å². The molecule has 6 heteroatoms. The molecule has 0 aliphatic carbocycles. The van der Waals surface area contributed by atoms with E-state index in [4.69, 9.17) is 0 Å². The van der Waals surface area contributed by atoms with Crippen molar-refractivity contribution in [1.82, 2.24) is 5.32 Å². The van der Waals surface area contributed by atoms with Crippen LogP contribution in [-0.2, 0) is 9.84 Å². The first-order chi connectivity index (χ1) is 10.3. The second-order valence-corrected chi connectivity index (χ2v) is 8.51. The van der Waals surface area contributed by atoms with E-state index in [1.54, 1.807) is 23.5 Å². The minimum Gasteiger partial charge on any atom is -0.344 e. The van der Waals surface area contributed by atoms with Crippen molar-refractivity contribution in [2.24, 2.45) is 5.92 Å². The third-order valence-electron chi connectivity index (χ3n) is 3.33. The van der Waals surface area contributed by atoms with Crippen LogP contribution in [-0.4, -0.2) is 20.6 Å². The van der Waals surface area contributed by atoms with Crippen molar-refractivity contribution in [1.29, 1.82) is 0 Å². The molecule has 2 aromatic rings. The van der Waals surface area contributed by atoms with Gasteiger partial charge in [0.1, 0.15) is 0 Å². The van der Waals surface area contributed by atoms with Gasteiger partial charge in [-0.1, -0.05) is 26.0 Å². The van der Waals surface area contributed by atoms with E-state index in [-0.39, 0.29) is 22.8 Å². The van der Waals surface area contributed by atoms with Gasteiger partial charge in [-0.2, -0.15) is 0 Å². The van der Waals surface area contributed by atoms with Gasteiger partial charge in [-0.25, -0.2) is 8.42 Å². The third-order valence-corrected chi connectivity index (χ3v) is 5.39. The lowest BCUT2D eigenvalue weighted by Crippen LogP contribution is -2.31. The van der Waals surface area contributed by atoms with Crippen LogP contribution in [0.4, 0.5) is 0 Å². The molecule has 1 N–H and O–H groups in total. The van der Waals surface area contributed by atoms with E-state index >= 15 is 0 Å². The Hall–Kier alpha value is -1.66. The molecule has 1 heterocycles. The summed E-state index contributed by atoms with van der Waals surface area (Å²) in [5.41, 5.74) is 0.352. The number of benzene rings is 1. The monoisotopic (exact) mass is 337 g/mol. The van der Waals surface area contributed by atoms with E-state index in [1.165, 1.54) is 12.1 Å². The summed E-state index contributed by atoms with van der Waals surface area (Å²) in [5.74, 6) is -0.0294. The Kier molecular flexibility index (Phi) is 5.03. The molecule has 0 saturated heterocycles. The van der Waals surface area contributed by atoms with Crippen molar-refractivity contribution in [2.45, 2.75) is 24.8 Å². The summed E-state index contributed by atoms with van der Waals surface area (Å²) in [4.78, 5) is 13.7. The molecule has 0 fully saturated rings. The highest BCUT2D eigenvalue weighted by molar-refractivity contribution is 7.90. The lowest BCUT2D eigenvalue weighted by atomic mass is 10.0. The van der Waals surface area contributed by atoms with E-state index in [0.29, 0.717) is 5.56 Å². The van der Waals surface area contributed by atoms with Crippen molar-refractivity contribution in [3.63, 3.8) is 0 Å². The Morgan fingerprint density at radius 2 is 1.91 bits per heavy atom. The molecular formula is C16H19NO3S2. The van der Waals surface area contributed by atoms with E-state index < -0.39 is 9.84 Å². The van der Waals surface area contributed by atoms with Crippen molar-refractivity contribution >= 4 is 27.1 Å². The molecule has 1 aromatic carbocycles. The molecule has 0 radical (unpaired) electrons. The van der Waals surface area contributed by atoms with Gasteiger partial charge in [0, 0.05) is 16.7 Å². The lowest BCUT2D eigenvalue weighted by Gasteiger charge is -2.21. The molecule has 4 nitrogen and oxygen atoms in total. The summed E-state index contributed by atoms with van der Waals surface area (Å²) in [6, 6.07) is 9.96. The Balaban J connectivity index is 2.25. The number of nitrogens with one attached hydrogen (secondary N) is 1. The predicted octanol–water partition coefficient (Wildman–Crippen LogP) is 3.28. The van der Waals surface area contributed by atoms with Crippen LogP contribution in [0.1, 0.15) is 35.1 Å². The van der Waals surface area contributed by atoms with Gasteiger partial charge in [0.05, 0.1) is 10.9 Å². The van der Waals surface area contributed by atoms with Gasteiger partial charge in [0.15, 0.2) is 9.84 Å². The molecule has 0 unspecified atom stereocenters. The van der Waals surface area contributed by atoms with Crippen LogP contribution in [0.5, 0.6) is 0 Å².